The predicted octanol–water partition coefficient (Wildman–Crippen LogP) is 3.81. The largest absolute Gasteiger partial charge is 0.348 e. The van der Waals surface area contributed by atoms with Crippen molar-refractivity contribution >= 4 is 17.7 Å². The summed E-state index contributed by atoms with van der Waals surface area (Å²) in [6, 6.07) is 8.21. The van der Waals surface area contributed by atoms with E-state index in [-0.39, 0.29) is 11.8 Å². The Morgan fingerprint density at radius 3 is 2.50 bits per heavy atom. The molecule has 0 saturated heterocycles. The van der Waals surface area contributed by atoms with E-state index >= 15 is 0 Å². The number of hydrogen-bond donors (Lipinski definition) is 1. The van der Waals surface area contributed by atoms with Crippen LogP contribution in [0, 0.1) is 6.92 Å². The maximum atomic E-state index is 12.8. The summed E-state index contributed by atoms with van der Waals surface area (Å²) in [5, 5.41) is 3.72. The van der Waals surface area contributed by atoms with Gasteiger partial charge in [-0.3, -0.25) is 4.79 Å². The van der Waals surface area contributed by atoms with Crippen molar-refractivity contribution in [2.75, 3.05) is 6.26 Å². The fourth-order valence-electron chi connectivity index (χ4n) is 2.86. The number of rotatable bonds is 7. The van der Waals surface area contributed by atoms with Crippen molar-refractivity contribution in [1.82, 2.24) is 24.8 Å². The molecule has 28 heavy (non-hydrogen) atoms. The van der Waals surface area contributed by atoms with E-state index in [0.29, 0.717) is 12.1 Å². The molecule has 3 rings (SSSR count). The topological polar surface area (TPSA) is 72.7 Å². The Balaban J connectivity index is 1.67. The van der Waals surface area contributed by atoms with E-state index in [4.69, 9.17) is 0 Å². The number of hydrogen-bond acceptors (Lipinski definition) is 5. The van der Waals surface area contributed by atoms with Crippen molar-refractivity contribution in [2.24, 2.45) is 0 Å². The Morgan fingerprint density at radius 1 is 1.18 bits per heavy atom. The molecule has 0 bridgehead atoms. The molecule has 1 N–H and O–H groups in total. The van der Waals surface area contributed by atoms with Gasteiger partial charge in [-0.1, -0.05) is 38.1 Å². The van der Waals surface area contributed by atoms with Crippen molar-refractivity contribution in [1.29, 1.82) is 0 Å². The van der Waals surface area contributed by atoms with Crippen LogP contribution in [0.15, 0.2) is 48.0 Å². The van der Waals surface area contributed by atoms with Gasteiger partial charge in [0, 0.05) is 31.4 Å². The predicted molar refractivity (Wildman–Crippen MR) is 112 cm³/mol. The third kappa shape index (κ3) is 4.78. The first kappa shape index (κ1) is 20.1. The van der Waals surface area contributed by atoms with E-state index in [0.717, 1.165) is 28.7 Å². The molecule has 0 saturated carbocycles. The van der Waals surface area contributed by atoms with E-state index in [9.17, 15) is 4.79 Å². The van der Waals surface area contributed by atoms with Gasteiger partial charge in [0.15, 0.2) is 0 Å². The second-order valence-corrected chi connectivity index (χ2v) is 7.74. The first-order valence-corrected chi connectivity index (χ1v) is 10.4. The number of carbonyl (C=O) groups is 1. The lowest BCUT2D eigenvalue weighted by Gasteiger charge is -2.13. The standard InChI is InChI=1S/C21H25N5OS/c1-14(2)19-24-15(3)18(21(25-19)28-4)20(27)23-11-16-5-7-17(8-6-16)12-26-10-9-22-13-26/h5-10,13-14H,11-12H2,1-4H3,(H,23,27). The van der Waals surface area contributed by atoms with E-state index in [1.54, 1.807) is 12.5 Å². The summed E-state index contributed by atoms with van der Waals surface area (Å²) in [5.41, 5.74) is 3.52. The third-order valence-corrected chi connectivity index (χ3v) is 5.09. The molecule has 1 amide bonds. The van der Waals surface area contributed by atoms with Crippen LogP contribution in [-0.4, -0.2) is 31.7 Å². The summed E-state index contributed by atoms with van der Waals surface area (Å²) < 4.78 is 2.02. The maximum absolute atomic E-state index is 12.8. The summed E-state index contributed by atoms with van der Waals surface area (Å²) in [4.78, 5) is 25.9. The maximum Gasteiger partial charge on any atom is 0.256 e. The van der Waals surface area contributed by atoms with E-state index in [1.807, 2.05) is 36.1 Å². The van der Waals surface area contributed by atoms with Crippen molar-refractivity contribution in [3.63, 3.8) is 0 Å². The average molecular weight is 396 g/mol. The molecule has 0 spiro atoms. The van der Waals surface area contributed by atoms with Crippen LogP contribution in [0.1, 0.15) is 52.8 Å². The highest BCUT2D eigenvalue weighted by molar-refractivity contribution is 7.98. The number of benzene rings is 1. The molecule has 7 heteroatoms. The number of aromatic nitrogens is 4. The molecule has 0 radical (unpaired) electrons. The fourth-order valence-corrected chi connectivity index (χ4v) is 3.49. The SMILES string of the molecule is CSc1nc(C(C)C)nc(C)c1C(=O)NCc1ccc(Cn2ccnc2)cc1. The number of thioether (sulfide) groups is 1. The molecule has 0 aliphatic rings. The van der Waals surface area contributed by atoms with Gasteiger partial charge in [-0.2, -0.15) is 0 Å². The van der Waals surface area contributed by atoms with Gasteiger partial charge in [0.05, 0.1) is 17.6 Å². The van der Waals surface area contributed by atoms with Crippen molar-refractivity contribution in [2.45, 2.75) is 44.8 Å². The molecule has 146 valence electrons. The van der Waals surface area contributed by atoms with Gasteiger partial charge in [0.2, 0.25) is 0 Å². The molecule has 0 fully saturated rings. The second kappa shape index (κ2) is 9.01. The van der Waals surface area contributed by atoms with Crippen LogP contribution in [0.3, 0.4) is 0 Å². The lowest BCUT2D eigenvalue weighted by atomic mass is 10.1. The highest BCUT2D eigenvalue weighted by Crippen LogP contribution is 2.23. The number of aryl methyl sites for hydroxylation is 1. The molecule has 0 atom stereocenters. The van der Waals surface area contributed by atoms with Crippen molar-refractivity contribution in [3.05, 3.63) is 71.2 Å². The Hall–Kier alpha value is -2.67. The van der Waals surface area contributed by atoms with Gasteiger partial charge in [-0.25, -0.2) is 15.0 Å². The van der Waals surface area contributed by atoms with Crippen LogP contribution in [0.2, 0.25) is 0 Å². The smallest absolute Gasteiger partial charge is 0.256 e. The fraction of sp³-hybridized carbons (Fsp3) is 0.333. The molecule has 0 aliphatic heterocycles. The Labute approximate surface area is 169 Å². The van der Waals surface area contributed by atoms with E-state index < -0.39 is 0 Å². The Morgan fingerprint density at radius 2 is 1.89 bits per heavy atom. The minimum atomic E-state index is -0.139. The van der Waals surface area contributed by atoms with Gasteiger partial charge in [-0.15, -0.1) is 11.8 Å². The Bertz CT molecular complexity index is 936. The number of imidazole rings is 1. The zero-order valence-electron chi connectivity index (χ0n) is 16.6. The molecule has 6 nitrogen and oxygen atoms in total. The number of nitrogens with zero attached hydrogens (tertiary/aromatic N) is 4. The zero-order valence-corrected chi connectivity index (χ0v) is 17.5. The average Bonchev–Trinajstić information content (AvgIpc) is 3.19. The van der Waals surface area contributed by atoms with Crippen LogP contribution in [-0.2, 0) is 13.1 Å². The van der Waals surface area contributed by atoms with Gasteiger partial charge < -0.3 is 9.88 Å². The first-order chi connectivity index (χ1) is 13.5. The summed E-state index contributed by atoms with van der Waals surface area (Å²) in [6.45, 7) is 7.21. The monoisotopic (exact) mass is 395 g/mol. The molecule has 1 aromatic carbocycles. The molecule has 2 heterocycles. The van der Waals surface area contributed by atoms with E-state index in [2.05, 4.69) is 46.2 Å². The summed E-state index contributed by atoms with van der Waals surface area (Å²) in [5.74, 6) is 0.856. The number of carbonyl (C=O) groups excluding carboxylic acids is 1. The highest BCUT2D eigenvalue weighted by atomic mass is 32.2. The van der Waals surface area contributed by atoms with Crippen LogP contribution in [0.4, 0.5) is 0 Å². The molecular weight excluding hydrogens is 370 g/mol. The zero-order chi connectivity index (χ0) is 20.1. The normalized spacial score (nSPS) is 11.0. The van der Waals surface area contributed by atoms with Crippen molar-refractivity contribution in [3.8, 4) is 0 Å². The lowest BCUT2D eigenvalue weighted by Crippen LogP contribution is -2.25. The molecule has 3 aromatic rings. The second-order valence-electron chi connectivity index (χ2n) is 6.94. The Kier molecular flexibility index (Phi) is 6.46. The van der Waals surface area contributed by atoms with Gasteiger partial charge in [0.25, 0.3) is 5.91 Å². The number of amides is 1. The molecule has 0 aliphatic carbocycles. The first-order valence-electron chi connectivity index (χ1n) is 9.22. The number of nitrogens with one attached hydrogen (secondary N) is 1. The third-order valence-electron chi connectivity index (χ3n) is 4.41. The molecule has 0 unspecified atom stereocenters. The van der Waals surface area contributed by atoms with Crippen LogP contribution in [0.25, 0.3) is 0 Å². The quantitative estimate of drug-likeness (QED) is 0.486. The summed E-state index contributed by atoms with van der Waals surface area (Å²) in [6.07, 6.45) is 7.44. The lowest BCUT2D eigenvalue weighted by molar-refractivity contribution is 0.0946. The molecular formula is C21H25N5OS. The van der Waals surface area contributed by atoms with Gasteiger partial charge >= 0.3 is 0 Å². The highest BCUT2D eigenvalue weighted by Gasteiger charge is 2.19. The van der Waals surface area contributed by atoms with E-state index in [1.165, 1.54) is 17.3 Å². The van der Waals surface area contributed by atoms with Crippen LogP contribution in [0.5, 0.6) is 0 Å². The molecule has 2 aromatic heterocycles. The summed E-state index contributed by atoms with van der Waals surface area (Å²) in [7, 11) is 0. The minimum Gasteiger partial charge on any atom is -0.348 e. The van der Waals surface area contributed by atoms with Gasteiger partial charge in [-0.05, 0) is 24.3 Å². The van der Waals surface area contributed by atoms with Gasteiger partial charge in [0.1, 0.15) is 10.9 Å². The minimum absolute atomic E-state index is 0.139. The van der Waals surface area contributed by atoms with Crippen LogP contribution < -0.4 is 5.32 Å². The van der Waals surface area contributed by atoms with Crippen LogP contribution >= 0.6 is 11.8 Å². The summed E-state index contributed by atoms with van der Waals surface area (Å²) >= 11 is 1.48. The van der Waals surface area contributed by atoms with Crippen molar-refractivity contribution < 1.29 is 4.79 Å².